The molecule has 0 aromatic heterocycles. The van der Waals surface area contributed by atoms with Crippen LogP contribution < -0.4 is 0 Å². The Morgan fingerprint density at radius 1 is 1.21 bits per heavy atom. The molecule has 1 saturated heterocycles. The molecule has 0 radical (unpaired) electrons. The quantitative estimate of drug-likeness (QED) is 0.534. The Hall–Kier alpha value is -1.79. The molecular weight excluding hydrogens is 254 g/mol. The molecule has 0 aromatic carbocycles. The fraction of sp³-hybridized carbons (Fsp3) is 0.750. The predicted molar refractivity (Wildman–Crippen MR) is 64.5 cm³/mol. The highest BCUT2D eigenvalue weighted by atomic mass is 16.7. The van der Waals surface area contributed by atoms with E-state index in [2.05, 4.69) is 9.47 Å². The van der Waals surface area contributed by atoms with Gasteiger partial charge in [0.05, 0.1) is 7.11 Å². The van der Waals surface area contributed by atoms with Crippen LogP contribution in [-0.4, -0.2) is 48.4 Å². The summed E-state index contributed by atoms with van der Waals surface area (Å²) in [6.07, 6.45) is -0.576. The molecule has 1 fully saturated rings. The van der Waals surface area contributed by atoms with Crippen LogP contribution in [0.2, 0.25) is 0 Å². The molecule has 0 N–H and O–H groups in total. The highest BCUT2D eigenvalue weighted by Gasteiger charge is 2.38. The van der Waals surface area contributed by atoms with Crippen LogP contribution in [0.25, 0.3) is 0 Å². The average molecular weight is 273 g/mol. The van der Waals surface area contributed by atoms with Gasteiger partial charge in [0.25, 0.3) is 0 Å². The van der Waals surface area contributed by atoms with Crippen LogP contribution in [0.1, 0.15) is 33.6 Å². The minimum absolute atomic E-state index is 0.399. The first-order chi connectivity index (χ1) is 8.74. The summed E-state index contributed by atoms with van der Waals surface area (Å²) in [6, 6.07) is -0.797. The molecule has 1 rings (SSSR count). The number of carbonyl (C=O) groups is 3. The number of carbonyl (C=O) groups excluding carboxylic acids is 3. The van der Waals surface area contributed by atoms with Gasteiger partial charge >= 0.3 is 18.2 Å². The topological polar surface area (TPSA) is 82.1 Å². The van der Waals surface area contributed by atoms with E-state index in [1.54, 1.807) is 20.8 Å². The third kappa shape index (κ3) is 4.42. The second-order valence-corrected chi connectivity index (χ2v) is 5.21. The van der Waals surface area contributed by atoms with Crippen molar-refractivity contribution in [1.29, 1.82) is 0 Å². The zero-order valence-electron chi connectivity index (χ0n) is 11.6. The molecular formula is C12H19NO6. The summed E-state index contributed by atoms with van der Waals surface area (Å²) in [5, 5.41) is 0. The second-order valence-electron chi connectivity index (χ2n) is 5.21. The van der Waals surface area contributed by atoms with Crippen LogP contribution in [0.5, 0.6) is 0 Å². The number of methoxy groups -OCH3 is 1. The van der Waals surface area contributed by atoms with Crippen molar-refractivity contribution in [3.63, 3.8) is 0 Å². The summed E-state index contributed by atoms with van der Waals surface area (Å²) in [5.41, 5.74) is -0.642. The first kappa shape index (κ1) is 15.3. The largest absolute Gasteiger partial charge is 0.515 e. The SMILES string of the molecule is COC(=O)OC(=O)C1CCCN1C(=O)OC(C)(C)C. The number of esters is 1. The van der Waals surface area contributed by atoms with Gasteiger partial charge < -0.3 is 14.2 Å². The summed E-state index contributed by atoms with van der Waals surface area (Å²) in [6.45, 7) is 5.62. The van der Waals surface area contributed by atoms with E-state index >= 15 is 0 Å². The van der Waals surface area contributed by atoms with Crippen LogP contribution in [0.3, 0.4) is 0 Å². The minimum atomic E-state index is -1.08. The molecule has 0 aromatic rings. The molecule has 7 heteroatoms. The highest BCUT2D eigenvalue weighted by molar-refractivity contribution is 5.88. The second kappa shape index (κ2) is 5.90. The molecule has 1 amide bonds. The molecule has 1 unspecified atom stereocenters. The summed E-state index contributed by atoms with van der Waals surface area (Å²) >= 11 is 0. The maximum absolute atomic E-state index is 11.9. The van der Waals surface area contributed by atoms with E-state index in [-0.39, 0.29) is 0 Å². The summed E-state index contributed by atoms with van der Waals surface area (Å²) in [4.78, 5) is 35.8. The molecule has 0 saturated carbocycles. The summed E-state index contributed by atoms with van der Waals surface area (Å²) in [5.74, 6) is -0.796. The van der Waals surface area contributed by atoms with Gasteiger partial charge in [0.15, 0.2) is 0 Å². The van der Waals surface area contributed by atoms with Crippen molar-refractivity contribution in [2.75, 3.05) is 13.7 Å². The number of nitrogens with zero attached hydrogens (tertiary/aromatic N) is 1. The number of amides is 1. The number of hydrogen-bond donors (Lipinski definition) is 0. The van der Waals surface area contributed by atoms with Crippen molar-refractivity contribution in [2.24, 2.45) is 0 Å². The monoisotopic (exact) mass is 273 g/mol. The number of ether oxygens (including phenoxy) is 3. The first-order valence-electron chi connectivity index (χ1n) is 6.04. The lowest BCUT2D eigenvalue weighted by atomic mass is 10.2. The molecule has 1 heterocycles. The molecule has 7 nitrogen and oxygen atoms in total. The summed E-state index contributed by atoms with van der Waals surface area (Å²) < 4.78 is 13.9. The molecule has 0 aliphatic carbocycles. The Morgan fingerprint density at radius 3 is 2.37 bits per heavy atom. The van der Waals surface area contributed by atoms with E-state index in [4.69, 9.17) is 4.74 Å². The lowest BCUT2D eigenvalue weighted by Crippen LogP contribution is -2.44. The Kier molecular flexibility index (Phi) is 4.74. The Morgan fingerprint density at radius 2 is 1.84 bits per heavy atom. The molecule has 1 aliphatic heterocycles. The van der Waals surface area contributed by atoms with Crippen molar-refractivity contribution in [1.82, 2.24) is 4.90 Å². The predicted octanol–water partition coefficient (Wildman–Crippen LogP) is 1.70. The van der Waals surface area contributed by atoms with E-state index in [1.165, 1.54) is 4.90 Å². The summed E-state index contributed by atoms with van der Waals surface area (Å²) in [7, 11) is 1.11. The van der Waals surface area contributed by atoms with Crippen LogP contribution in [0.15, 0.2) is 0 Å². The Bertz CT molecular complexity index is 373. The maximum atomic E-state index is 11.9. The van der Waals surface area contributed by atoms with Gasteiger partial charge in [-0.2, -0.15) is 0 Å². The van der Waals surface area contributed by atoms with Crippen LogP contribution in [0, 0.1) is 0 Å². The Balaban J connectivity index is 2.66. The lowest BCUT2D eigenvalue weighted by molar-refractivity contribution is -0.144. The molecule has 1 atom stereocenters. The van der Waals surface area contributed by atoms with Crippen molar-refractivity contribution in [3.8, 4) is 0 Å². The van der Waals surface area contributed by atoms with Gasteiger partial charge in [-0.25, -0.2) is 14.4 Å². The van der Waals surface area contributed by atoms with E-state index in [1.807, 2.05) is 0 Å². The van der Waals surface area contributed by atoms with Gasteiger partial charge in [-0.15, -0.1) is 0 Å². The first-order valence-corrected chi connectivity index (χ1v) is 6.04. The van der Waals surface area contributed by atoms with Crippen LogP contribution in [0.4, 0.5) is 9.59 Å². The standard InChI is InChI=1S/C12H19NO6/c1-12(2,3)19-10(15)13-7-5-6-8(13)9(14)18-11(16)17-4/h8H,5-7H2,1-4H3. The van der Waals surface area contributed by atoms with Gasteiger partial charge in [0.1, 0.15) is 11.6 Å². The van der Waals surface area contributed by atoms with Crippen molar-refractivity contribution in [3.05, 3.63) is 0 Å². The van der Waals surface area contributed by atoms with Crippen molar-refractivity contribution >= 4 is 18.2 Å². The van der Waals surface area contributed by atoms with Gasteiger partial charge in [0.2, 0.25) is 0 Å². The fourth-order valence-corrected chi connectivity index (χ4v) is 1.74. The molecule has 0 bridgehead atoms. The van der Waals surface area contributed by atoms with E-state index in [9.17, 15) is 14.4 Å². The molecule has 1 aliphatic rings. The van der Waals surface area contributed by atoms with E-state index < -0.39 is 29.9 Å². The van der Waals surface area contributed by atoms with Crippen LogP contribution >= 0.6 is 0 Å². The van der Waals surface area contributed by atoms with E-state index in [0.29, 0.717) is 19.4 Å². The highest BCUT2D eigenvalue weighted by Crippen LogP contribution is 2.21. The molecule has 0 spiro atoms. The zero-order chi connectivity index (χ0) is 14.6. The normalized spacial score (nSPS) is 18.9. The fourth-order valence-electron chi connectivity index (χ4n) is 1.74. The van der Waals surface area contributed by atoms with E-state index in [0.717, 1.165) is 7.11 Å². The minimum Gasteiger partial charge on any atom is -0.444 e. The number of hydrogen-bond acceptors (Lipinski definition) is 6. The molecule has 19 heavy (non-hydrogen) atoms. The van der Waals surface area contributed by atoms with Crippen molar-refractivity contribution < 1.29 is 28.6 Å². The zero-order valence-corrected chi connectivity index (χ0v) is 11.6. The lowest BCUT2D eigenvalue weighted by Gasteiger charge is -2.27. The van der Waals surface area contributed by atoms with Crippen LogP contribution in [-0.2, 0) is 19.0 Å². The van der Waals surface area contributed by atoms with Crippen molar-refractivity contribution in [2.45, 2.75) is 45.3 Å². The molecule has 108 valence electrons. The smallest absolute Gasteiger partial charge is 0.444 e. The van der Waals surface area contributed by atoms with Gasteiger partial charge in [-0.1, -0.05) is 0 Å². The third-order valence-electron chi connectivity index (χ3n) is 2.50. The maximum Gasteiger partial charge on any atom is 0.515 e. The Labute approximate surface area is 111 Å². The van der Waals surface area contributed by atoms with Gasteiger partial charge in [0, 0.05) is 6.54 Å². The van der Waals surface area contributed by atoms with Gasteiger partial charge in [-0.05, 0) is 33.6 Å². The number of likely N-dealkylation sites (tertiary alicyclic amines) is 1. The third-order valence-corrected chi connectivity index (χ3v) is 2.50. The van der Waals surface area contributed by atoms with Gasteiger partial charge in [-0.3, -0.25) is 4.90 Å². The number of rotatable bonds is 1. The average Bonchev–Trinajstić information content (AvgIpc) is 2.75.